The van der Waals surface area contributed by atoms with E-state index in [0.717, 1.165) is 40.1 Å². The van der Waals surface area contributed by atoms with E-state index in [4.69, 9.17) is 16.5 Å². The first-order chi connectivity index (χ1) is 20.7. The smallest absolute Gasteiger partial charge is 0.119 e. The second-order valence-corrected chi connectivity index (χ2v) is 12.3. The van der Waals surface area contributed by atoms with E-state index in [1.807, 2.05) is 17.8 Å². The van der Waals surface area contributed by atoms with Crippen LogP contribution in [0.1, 0.15) is 30.0 Å². The largest absolute Gasteiger partial charge is 0.404 e. The molecule has 6 heteroatoms. The van der Waals surface area contributed by atoms with Crippen LogP contribution in [0.5, 0.6) is 0 Å². The normalized spacial score (nSPS) is 16.3. The van der Waals surface area contributed by atoms with E-state index in [-0.39, 0.29) is 5.37 Å². The third-order valence-electron chi connectivity index (χ3n) is 7.83. The number of nitrogens with one attached hydrogen (secondary N) is 1. The minimum absolute atomic E-state index is 0.187. The molecule has 5 N–H and O–H groups in total. The van der Waals surface area contributed by atoms with Crippen molar-refractivity contribution in [3.63, 3.8) is 0 Å². The van der Waals surface area contributed by atoms with Gasteiger partial charge in [-0.2, -0.15) is 0 Å². The SMILES string of the molecule is CCC(/C=C\C(=C/N)c1ccc2c3ccc(-c4ccc(C5NC=CS5)nc4)cc3c3ccccc3c2c1)CS/C=C\N. The first kappa shape index (κ1) is 28.0. The van der Waals surface area contributed by atoms with Gasteiger partial charge in [0.2, 0.25) is 0 Å². The van der Waals surface area contributed by atoms with E-state index in [1.165, 1.54) is 32.3 Å². The molecule has 0 saturated carbocycles. The molecule has 4 nitrogen and oxygen atoms in total. The van der Waals surface area contributed by atoms with Gasteiger partial charge in [0, 0.05) is 36.1 Å². The summed E-state index contributed by atoms with van der Waals surface area (Å²) in [5.74, 6) is 1.44. The van der Waals surface area contributed by atoms with Gasteiger partial charge in [-0.1, -0.05) is 73.7 Å². The van der Waals surface area contributed by atoms with E-state index in [2.05, 4.69) is 103 Å². The van der Waals surface area contributed by atoms with Gasteiger partial charge in [0.15, 0.2) is 0 Å². The Bertz CT molecular complexity index is 1830. The monoisotopic (exact) mass is 586 g/mol. The number of hydrogen-bond donors (Lipinski definition) is 3. The Kier molecular flexibility index (Phi) is 8.54. The molecule has 0 bridgehead atoms. The van der Waals surface area contributed by atoms with Crippen molar-refractivity contribution in [1.29, 1.82) is 0 Å². The lowest BCUT2D eigenvalue weighted by atomic mass is 9.90. The number of nitrogens with two attached hydrogens (primary N) is 2. The summed E-state index contributed by atoms with van der Waals surface area (Å²) in [5, 5.41) is 15.0. The molecule has 1 aliphatic heterocycles. The molecule has 2 atom stereocenters. The van der Waals surface area contributed by atoms with Crippen molar-refractivity contribution in [2.75, 3.05) is 5.75 Å². The Balaban J connectivity index is 1.39. The average molecular weight is 587 g/mol. The zero-order chi connectivity index (χ0) is 28.9. The number of aromatic nitrogens is 1. The summed E-state index contributed by atoms with van der Waals surface area (Å²) in [4.78, 5) is 4.76. The maximum atomic E-state index is 6.16. The van der Waals surface area contributed by atoms with Crippen molar-refractivity contribution in [1.82, 2.24) is 10.3 Å². The molecule has 0 spiro atoms. The fourth-order valence-electron chi connectivity index (χ4n) is 5.52. The molecular weight excluding hydrogens is 553 g/mol. The zero-order valence-corrected chi connectivity index (χ0v) is 25.2. The molecule has 0 radical (unpaired) electrons. The maximum absolute atomic E-state index is 6.16. The zero-order valence-electron chi connectivity index (χ0n) is 23.5. The van der Waals surface area contributed by atoms with Crippen molar-refractivity contribution >= 4 is 61.4 Å². The van der Waals surface area contributed by atoms with Gasteiger partial charge in [0.25, 0.3) is 0 Å². The Morgan fingerprint density at radius 2 is 1.67 bits per heavy atom. The standard InChI is InChI=1S/C36H34N4S2/c1-2-24(23-41-17-15-37)7-8-27(21-38)25-9-12-31-32-13-10-26(28-11-14-35(40-22-28)36-39-16-18-42-36)20-34(32)30-6-4-3-5-29(30)33(31)19-25/h3-22,24,36,39H,2,23,37-38H2,1H3/b8-7-,17-15-,27-21+. The van der Waals surface area contributed by atoms with E-state index in [0.29, 0.717) is 5.92 Å². The number of thioether (sulfide) groups is 2. The van der Waals surface area contributed by atoms with E-state index < -0.39 is 0 Å². The van der Waals surface area contributed by atoms with E-state index in [1.54, 1.807) is 35.9 Å². The molecule has 0 amide bonds. The molecule has 2 unspecified atom stereocenters. The third-order valence-corrected chi connectivity index (χ3v) is 9.74. The maximum Gasteiger partial charge on any atom is 0.119 e. The van der Waals surface area contributed by atoms with Gasteiger partial charge in [-0.25, -0.2) is 0 Å². The second kappa shape index (κ2) is 12.8. The molecule has 0 saturated heterocycles. The van der Waals surface area contributed by atoms with Gasteiger partial charge in [0.1, 0.15) is 5.37 Å². The van der Waals surface area contributed by atoms with Crippen molar-refractivity contribution in [3.05, 3.63) is 132 Å². The van der Waals surface area contributed by atoms with Crippen molar-refractivity contribution in [3.8, 4) is 11.1 Å². The van der Waals surface area contributed by atoms with Gasteiger partial charge in [-0.15, -0.1) is 23.5 Å². The first-order valence-electron chi connectivity index (χ1n) is 14.2. The van der Waals surface area contributed by atoms with Crippen LogP contribution in [0, 0.1) is 5.92 Å². The fourth-order valence-corrected chi connectivity index (χ4v) is 7.08. The molecule has 1 aliphatic rings. The predicted molar refractivity (Wildman–Crippen MR) is 186 cm³/mol. The second-order valence-electron chi connectivity index (χ2n) is 10.3. The summed E-state index contributed by atoms with van der Waals surface area (Å²) in [6, 6.07) is 26.5. The highest BCUT2D eigenvalue weighted by atomic mass is 32.2. The van der Waals surface area contributed by atoms with Crippen LogP contribution in [0.3, 0.4) is 0 Å². The van der Waals surface area contributed by atoms with E-state index in [9.17, 15) is 0 Å². The molecule has 5 aromatic rings. The van der Waals surface area contributed by atoms with Crippen LogP contribution in [-0.4, -0.2) is 10.7 Å². The number of pyridine rings is 1. The minimum atomic E-state index is 0.187. The Morgan fingerprint density at radius 1 is 0.929 bits per heavy atom. The van der Waals surface area contributed by atoms with Crippen molar-refractivity contribution in [2.24, 2.45) is 17.4 Å². The molecule has 6 rings (SSSR count). The molecule has 4 aromatic carbocycles. The first-order valence-corrected chi connectivity index (χ1v) is 16.2. The van der Waals surface area contributed by atoms with Crippen LogP contribution in [0.2, 0.25) is 0 Å². The minimum Gasteiger partial charge on any atom is -0.404 e. The molecule has 42 heavy (non-hydrogen) atoms. The summed E-state index contributed by atoms with van der Waals surface area (Å²) >= 11 is 3.47. The Hall–Kier alpha value is -4.13. The van der Waals surface area contributed by atoms with E-state index >= 15 is 0 Å². The van der Waals surface area contributed by atoms with Gasteiger partial charge in [-0.3, -0.25) is 4.98 Å². The highest BCUT2D eigenvalue weighted by Gasteiger charge is 2.15. The molecule has 210 valence electrons. The molecular formula is C36H34N4S2. The lowest BCUT2D eigenvalue weighted by molar-refractivity contribution is 0.711. The van der Waals surface area contributed by atoms with Crippen LogP contribution in [0.4, 0.5) is 0 Å². The van der Waals surface area contributed by atoms with Gasteiger partial charge >= 0.3 is 0 Å². The van der Waals surface area contributed by atoms with Gasteiger partial charge in [-0.05, 0) is 90.4 Å². The highest BCUT2D eigenvalue weighted by Crippen LogP contribution is 2.38. The summed E-state index contributed by atoms with van der Waals surface area (Å²) in [5.41, 5.74) is 17.1. The highest BCUT2D eigenvalue weighted by molar-refractivity contribution is 8.02. The lowest BCUT2D eigenvalue weighted by Gasteiger charge is -2.14. The molecule has 1 aromatic heterocycles. The number of fused-ring (bicyclic) bond motifs is 6. The number of benzene rings is 4. The number of hydrogen-bond acceptors (Lipinski definition) is 6. The number of allylic oxidation sites excluding steroid dienone is 3. The number of rotatable bonds is 9. The van der Waals surface area contributed by atoms with Crippen LogP contribution in [-0.2, 0) is 0 Å². The van der Waals surface area contributed by atoms with Crippen LogP contribution >= 0.6 is 23.5 Å². The quantitative estimate of drug-likeness (QED) is 0.118. The van der Waals surface area contributed by atoms with Gasteiger partial charge in [0.05, 0.1) is 5.69 Å². The molecule has 0 aliphatic carbocycles. The van der Waals surface area contributed by atoms with Crippen LogP contribution in [0.25, 0.3) is 49.0 Å². The summed E-state index contributed by atoms with van der Waals surface area (Å²) < 4.78 is 0. The topological polar surface area (TPSA) is 77.0 Å². The number of nitrogens with zero attached hydrogens (tertiary/aromatic N) is 1. The van der Waals surface area contributed by atoms with Crippen LogP contribution < -0.4 is 16.8 Å². The predicted octanol–water partition coefficient (Wildman–Crippen LogP) is 9.06. The summed E-state index contributed by atoms with van der Waals surface area (Å²) in [6.07, 6.45) is 12.8. The van der Waals surface area contributed by atoms with Crippen LogP contribution in [0.15, 0.2) is 121 Å². The third kappa shape index (κ3) is 5.65. The molecule has 0 fully saturated rings. The fraction of sp³-hybridized carbons (Fsp3) is 0.139. The average Bonchev–Trinajstić information content (AvgIpc) is 3.59. The Labute approximate surface area is 255 Å². The Morgan fingerprint density at radius 3 is 2.33 bits per heavy atom. The summed E-state index contributed by atoms with van der Waals surface area (Å²) in [6.45, 7) is 2.21. The summed E-state index contributed by atoms with van der Waals surface area (Å²) in [7, 11) is 0. The van der Waals surface area contributed by atoms with Crippen molar-refractivity contribution < 1.29 is 0 Å². The lowest BCUT2D eigenvalue weighted by Crippen LogP contribution is -2.08. The van der Waals surface area contributed by atoms with Crippen molar-refractivity contribution in [2.45, 2.75) is 18.7 Å². The molecule has 2 heterocycles. The van der Waals surface area contributed by atoms with Gasteiger partial charge < -0.3 is 16.8 Å².